The average Bonchev–Trinajstić information content (AvgIpc) is 2.33. The van der Waals surface area contributed by atoms with Crippen LogP contribution in [0.1, 0.15) is 25.8 Å². The molecule has 0 aliphatic heterocycles. The van der Waals surface area contributed by atoms with Crippen molar-refractivity contribution in [3.63, 3.8) is 0 Å². The molecule has 1 rings (SSSR count). The fourth-order valence-corrected chi connectivity index (χ4v) is 1.47. The van der Waals surface area contributed by atoms with Crippen LogP contribution < -0.4 is 10.1 Å². The van der Waals surface area contributed by atoms with Crippen LogP contribution in [-0.2, 0) is 6.54 Å². The molecule has 1 heterocycles. The molecular weight excluding hydrogens is 236 g/mol. The first kappa shape index (κ1) is 14.0. The SMILES string of the molecule is C/C=C/COc1cc(CNCCC)c(Cl)cn1. The molecule has 1 aromatic heterocycles. The number of nitrogens with zero attached hydrogens (tertiary/aromatic N) is 1. The Balaban J connectivity index is 2.58. The Morgan fingerprint density at radius 3 is 3.06 bits per heavy atom. The summed E-state index contributed by atoms with van der Waals surface area (Å²) in [4.78, 5) is 4.12. The summed E-state index contributed by atoms with van der Waals surface area (Å²) < 4.78 is 5.46. The number of halogens is 1. The van der Waals surface area contributed by atoms with E-state index >= 15 is 0 Å². The van der Waals surface area contributed by atoms with Gasteiger partial charge >= 0.3 is 0 Å². The Morgan fingerprint density at radius 2 is 2.35 bits per heavy atom. The standard InChI is InChI=1S/C13H19ClN2O/c1-3-5-7-17-13-8-11(9-15-6-4-2)12(14)10-16-13/h3,5,8,10,15H,4,6-7,9H2,1-2H3/b5-3+. The summed E-state index contributed by atoms with van der Waals surface area (Å²) in [6.07, 6.45) is 6.62. The van der Waals surface area contributed by atoms with E-state index < -0.39 is 0 Å². The van der Waals surface area contributed by atoms with E-state index in [-0.39, 0.29) is 0 Å². The summed E-state index contributed by atoms with van der Waals surface area (Å²) in [5, 5.41) is 3.98. The Kier molecular flexibility index (Phi) is 6.67. The van der Waals surface area contributed by atoms with Gasteiger partial charge in [0.2, 0.25) is 5.88 Å². The lowest BCUT2D eigenvalue weighted by atomic mass is 10.2. The highest BCUT2D eigenvalue weighted by atomic mass is 35.5. The zero-order chi connectivity index (χ0) is 12.5. The zero-order valence-corrected chi connectivity index (χ0v) is 11.1. The number of hydrogen-bond donors (Lipinski definition) is 1. The van der Waals surface area contributed by atoms with Gasteiger partial charge in [0.1, 0.15) is 6.61 Å². The van der Waals surface area contributed by atoms with Crippen LogP contribution in [0.3, 0.4) is 0 Å². The average molecular weight is 255 g/mol. The van der Waals surface area contributed by atoms with Gasteiger partial charge in [-0.15, -0.1) is 0 Å². The highest BCUT2D eigenvalue weighted by Crippen LogP contribution is 2.19. The summed E-state index contributed by atoms with van der Waals surface area (Å²) in [6.45, 7) is 6.35. The first-order chi connectivity index (χ1) is 8.27. The second kappa shape index (κ2) is 8.09. The molecule has 0 aliphatic rings. The molecule has 0 spiro atoms. The van der Waals surface area contributed by atoms with Crippen molar-refractivity contribution in [3.8, 4) is 5.88 Å². The number of pyridine rings is 1. The fraction of sp³-hybridized carbons (Fsp3) is 0.462. The molecule has 3 nitrogen and oxygen atoms in total. The molecule has 0 saturated heterocycles. The Hall–Kier alpha value is -1.06. The third-order valence-electron chi connectivity index (χ3n) is 2.21. The third kappa shape index (κ3) is 5.20. The molecule has 4 heteroatoms. The predicted octanol–water partition coefficient (Wildman–Crippen LogP) is 3.19. The molecule has 0 aromatic carbocycles. The fourth-order valence-electron chi connectivity index (χ4n) is 1.30. The van der Waals surface area contributed by atoms with E-state index in [1.54, 1.807) is 6.20 Å². The molecule has 0 amide bonds. The molecule has 0 atom stereocenters. The van der Waals surface area contributed by atoms with E-state index in [4.69, 9.17) is 16.3 Å². The van der Waals surface area contributed by atoms with Crippen molar-refractivity contribution in [3.05, 3.63) is 35.0 Å². The minimum atomic E-state index is 0.535. The van der Waals surface area contributed by atoms with E-state index in [1.807, 2.05) is 25.1 Å². The van der Waals surface area contributed by atoms with Gasteiger partial charge < -0.3 is 10.1 Å². The number of ether oxygens (including phenoxy) is 1. The minimum Gasteiger partial charge on any atom is -0.473 e. The van der Waals surface area contributed by atoms with Crippen molar-refractivity contribution in [1.82, 2.24) is 10.3 Å². The van der Waals surface area contributed by atoms with E-state index in [2.05, 4.69) is 17.2 Å². The van der Waals surface area contributed by atoms with Gasteiger partial charge in [-0.3, -0.25) is 0 Å². The molecule has 0 bridgehead atoms. The van der Waals surface area contributed by atoms with Crippen molar-refractivity contribution in [1.29, 1.82) is 0 Å². The van der Waals surface area contributed by atoms with E-state index in [0.29, 0.717) is 17.5 Å². The lowest BCUT2D eigenvalue weighted by molar-refractivity contribution is 0.347. The topological polar surface area (TPSA) is 34.1 Å². The number of nitrogens with one attached hydrogen (secondary N) is 1. The highest BCUT2D eigenvalue weighted by molar-refractivity contribution is 6.31. The number of allylic oxidation sites excluding steroid dienone is 1. The summed E-state index contributed by atoms with van der Waals surface area (Å²) in [6, 6.07) is 1.88. The van der Waals surface area contributed by atoms with Crippen LogP contribution >= 0.6 is 11.6 Å². The monoisotopic (exact) mass is 254 g/mol. The van der Waals surface area contributed by atoms with Gasteiger partial charge in [-0.05, 0) is 25.5 Å². The van der Waals surface area contributed by atoms with E-state index in [9.17, 15) is 0 Å². The molecule has 1 N–H and O–H groups in total. The van der Waals surface area contributed by atoms with Crippen LogP contribution in [-0.4, -0.2) is 18.1 Å². The zero-order valence-electron chi connectivity index (χ0n) is 10.4. The minimum absolute atomic E-state index is 0.535. The van der Waals surface area contributed by atoms with Crippen LogP contribution in [0.2, 0.25) is 5.02 Å². The van der Waals surface area contributed by atoms with Gasteiger partial charge in [0.05, 0.1) is 5.02 Å². The molecule has 94 valence electrons. The molecule has 0 fully saturated rings. The normalized spacial score (nSPS) is 11.0. The maximum atomic E-state index is 6.06. The lowest BCUT2D eigenvalue weighted by Crippen LogP contribution is -2.14. The van der Waals surface area contributed by atoms with Crippen LogP contribution in [0, 0.1) is 0 Å². The molecule has 0 unspecified atom stereocenters. The Morgan fingerprint density at radius 1 is 1.53 bits per heavy atom. The second-order valence-corrected chi connectivity index (χ2v) is 4.08. The number of aromatic nitrogens is 1. The van der Waals surface area contributed by atoms with Crippen molar-refractivity contribution in [2.75, 3.05) is 13.2 Å². The lowest BCUT2D eigenvalue weighted by Gasteiger charge is -2.08. The van der Waals surface area contributed by atoms with Crippen molar-refractivity contribution in [2.24, 2.45) is 0 Å². The van der Waals surface area contributed by atoms with Gasteiger partial charge in [0.15, 0.2) is 0 Å². The first-order valence-electron chi connectivity index (χ1n) is 5.87. The Bertz CT molecular complexity index is 366. The van der Waals surface area contributed by atoms with E-state index in [0.717, 1.165) is 25.1 Å². The third-order valence-corrected chi connectivity index (χ3v) is 2.56. The number of hydrogen-bond acceptors (Lipinski definition) is 3. The molecule has 0 radical (unpaired) electrons. The van der Waals surface area contributed by atoms with Crippen LogP contribution in [0.5, 0.6) is 5.88 Å². The maximum Gasteiger partial charge on any atom is 0.213 e. The van der Waals surface area contributed by atoms with Crippen LogP contribution in [0.4, 0.5) is 0 Å². The first-order valence-corrected chi connectivity index (χ1v) is 6.24. The van der Waals surface area contributed by atoms with Gasteiger partial charge in [-0.2, -0.15) is 0 Å². The quantitative estimate of drug-likeness (QED) is 0.599. The summed E-state index contributed by atoms with van der Waals surface area (Å²) in [5.41, 5.74) is 1.02. The molecule has 1 aromatic rings. The van der Waals surface area contributed by atoms with Crippen molar-refractivity contribution < 1.29 is 4.74 Å². The van der Waals surface area contributed by atoms with Crippen LogP contribution in [0.25, 0.3) is 0 Å². The van der Waals surface area contributed by atoms with Gasteiger partial charge in [-0.25, -0.2) is 4.98 Å². The largest absolute Gasteiger partial charge is 0.473 e. The van der Waals surface area contributed by atoms with Crippen molar-refractivity contribution >= 4 is 11.6 Å². The van der Waals surface area contributed by atoms with Gasteiger partial charge in [-0.1, -0.05) is 30.7 Å². The van der Waals surface area contributed by atoms with Gasteiger partial charge in [0, 0.05) is 18.8 Å². The maximum absolute atomic E-state index is 6.06. The summed E-state index contributed by atoms with van der Waals surface area (Å²) >= 11 is 6.06. The predicted molar refractivity (Wildman–Crippen MR) is 71.6 cm³/mol. The number of rotatable bonds is 7. The highest BCUT2D eigenvalue weighted by Gasteiger charge is 2.03. The second-order valence-electron chi connectivity index (χ2n) is 3.67. The molecular formula is C13H19ClN2O. The summed E-state index contributed by atoms with van der Waals surface area (Å²) in [5.74, 6) is 0.612. The van der Waals surface area contributed by atoms with E-state index in [1.165, 1.54) is 0 Å². The molecule has 0 aliphatic carbocycles. The molecule has 0 saturated carbocycles. The van der Waals surface area contributed by atoms with Gasteiger partial charge in [0.25, 0.3) is 0 Å². The Labute approximate surface area is 108 Å². The summed E-state index contributed by atoms with van der Waals surface area (Å²) in [7, 11) is 0. The van der Waals surface area contributed by atoms with Crippen LogP contribution in [0.15, 0.2) is 24.4 Å². The molecule has 17 heavy (non-hydrogen) atoms. The van der Waals surface area contributed by atoms with Crippen molar-refractivity contribution in [2.45, 2.75) is 26.8 Å². The smallest absolute Gasteiger partial charge is 0.213 e.